The third-order valence-electron chi connectivity index (χ3n) is 3.54. The summed E-state index contributed by atoms with van der Waals surface area (Å²) in [5.74, 6) is -2.45. The Morgan fingerprint density at radius 2 is 1.58 bits per heavy atom. The van der Waals surface area contributed by atoms with Crippen molar-refractivity contribution in [3.8, 4) is 0 Å². The summed E-state index contributed by atoms with van der Waals surface area (Å²) in [5, 5.41) is 0. The van der Waals surface area contributed by atoms with Crippen molar-refractivity contribution in [2.75, 3.05) is 14.2 Å². The molecule has 102 valence electrons. The van der Waals surface area contributed by atoms with Gasteiger partial charge in [0.05, 0.1) is 26.1 Å². The van der Waals surface area contributed by atoms with Crippen LogP contribution < -0.4 is 0 Å². The molecule has 1 aliphatic rings. The van der Waals surface area contributed by atoms with Crippen LogP contribution in [0.5, 0.6) is 0 Å². The van der Waals surface area contributed by atoms with Crippen molar-refractivity contribution in [1.82, 2.24) is 0 Å². The second-order valence-corrected chi connectivity index (χ2v) is 4.58. The molecule has 0 saturated carbocycles. The number of rotatable bonds is 2. The lowest BCUT2D eigenvalue weighted by Crippen LogP contribution is -2.38. The van der Waals surface area contributed by atoms with Crippen LogP contribution in [0.15, 0.2) is 18.2 Å². The summed E-state index contributed by atoms with van der Waals surface area (Å²) in [5.41, 5.74) is 1.62. The van der Waals surface area contributed by atoms with Crippen LogP contribution >= 0.6 is 0 Å². The summed E-state index contributed by atoms with van der Waals surface area (Å²) in [6.45, 7) is 0. The van der Waals surface area contributed by atoms with Crippen molar-refractivity contribution in [1.29, 1.82) is 0 Å². The highest BCUT2D eigenvalue weighted by atomic mass is 19.1. The molecule has 0 fully saturated rings. The van der Waals surface area contributed by atoms with Crippen molar-refractivity contribution in [2.45, 2.75) is 12.8 Å². The fourth-order valence-electron chi connectivity index (χ4n) is 2.54. The molecular formula is C14H15FO4. The summed E-state index contributed by atoms with van der Waals surface area (Å²) in [4.78, 5) is 23.5. The Morgan fingerprint density at radius 3 is 2.11 bits per heavy atom. The number of hydrogen-bond donors (Lipinski definition) is 0. The van der Waals surface area contributed by atoms with Gasteiger partial charge in [0.1, 0.15) is 5.82 Å². The lowest BCUT2D eigenvalue weighted by atomic mass is 9.76. The quantitative estimate of drug-likeness (QED) is 0.761. The first-order chi connectivity index (χ1) is 9.06. The van der Waals surface area contributed by atoms with Crippen molar-refractivity contribution in [2.24, 2.45) is 11.8 Å². The van der Waals surface area contributed by atoms with Gasteiger partial charge in [-0.05, 0) is 36.1 Å². The minimum atomic E-state index is -0.619. The minimum absolute atomic E-state index is 0.291. The molecule has 5 heteroatoms. The summed E-state index contributed by atoms with van der Waals surface area (Å²) in [6, 6.07) is 4.40. The van der Waals surface area contributed by atoms with Crippen LogP contribution in [0.25, 0.3) is 0 Å². The standard InChI is InChI=1S/C14H15FO4/c1-18-13(16)11-6-8-3-4-10(15)5-9(8)7-12(11)14(17)19-2/h3-5,11-12H,6-7H2,1-2H3/t11-,12-/m1/s1. The molecule has 0 spiro atoms. The van der Waals surface area contributed by atoms with E-state index in [9.17, 15) is 14.0 Å². The fraction of sp³-hybridized carbons (Fsp3) is 0.429. The van der Waals surface area contributed by atoms with Crippen molar-refractivity contribution in [3.63, 3.8) is 0 Å². The molecule has 0 N–H and O–H groups in total. The number of esters is 2. The first-order valence-corrected chi connectivity index (χ1v) is 5.99. The zero-order valence-electron chi connectivity index (χ0n) is 10.8. The van der Waals surface area contributed by atoms with Gasteiger partial charge in [-0.15, -0.1) is 0 Å². The number of benzene rings is 1. The van der Waals surface area contributed by atoms with Crippen LogP contribution in [-0.2, 0) is 31.9 Å². The Morgan fingerprint density at radius 1 is 1.05 bits per heavy atom. The molecule has 2 rings (SSSR count). The van der Waals surface area contributed by atoms with Gasteiger partial charge in [-0.1, -0.05) is 6.07 Å². The van der Waals surface area contributed by atoms with Gasteiger partial charge >= 0.3 is 11.9 Å². The maximum absolute atomic E-state index is 13.2. The van der Waals surface area contributed by atoms with Crippen LogP contribution in [0.2, 0.25) is 0 Å². The average Bonchev–Trinajstić information content (AvgIpc) is 2.44. The third-order valence-corrected chi connectivity index (χ3v) is 3.54. The maximum atomic E-state index is 13.2. The molecule has 0 aliphatic heterocycles. The van der Waals surface area contributed by atoms with E-state index < -0.39 is 23.8 Å². The number of hydrogen-bond acceptors (Lipinski definition) is 4. The molecule has 4 nitrogen and oxygen atoms in total. The van der Waals surface area contributed by atoms with E-state index in [2.05, 4.69) is 0 Å². The molecule has 0 radical (unpaired) electrons. The molecule has 1 aliphatic carbocycles. The molecule has 0 unspecified atom stereocenters. The first-order valence-electron chi connectivity index (χ1n) is 5.99. The Labute approximate surface area is 110 Å². The van der Waals surface area contributed by atoms with Crippen molar-refractivity contribution < 1.29 is 23.5 Å². The molecule has 0 heterocycles. The maximum Gasteiger partial charge on any atom is 0.309 e. The minimum Gasteiger partial charge on any atom is -0.469 e. The summed E-state index contributed by atoms with van der Waals surface area (Å²) >= 11 is 0. The molecule has 0 amide bonds. The van der Waals surface area contributed by atoms with Crippen LogP contribution in [0.1, 0.15) is 11.1 Å². The molecule has 1 aromatic carbocycles. The third kappa shape index (κ3) is 2.59. The number of carbonyl (C=O) groups excluding carboxylic acids is 2. The van der Waals surface area contributed by atoms with Gasteiger partial charge in [0.15, 0.2) is 0 Å². The van der Waals surface area contributed by atoms with E-state index in [0.717, 1.165) is 11.1 Å². The topological polar surface area (TPSA) is 52.6 Å². The first kappa shape index (κ1) is 13.5. The highest BCUT2D eigenvalue weighted by molar-refractivity contribution is 5.83. The lowest BCUT2D eigenvalue weighted by Gasteiger charge is -2.29. The summed E-state index contributed by atoms with van der Waals surface area (Å²) in [7, 11) is 2.56. The van der Waals surface area contributed by atoms with Crippen LogP contribution in [-0.4, -0.2) is 26.2 Å². The SMILES string of the molecule is COC(=O)[C@@H]1Cc2ccc(F)cc2C[C@H]1C(=O)OC. The Balaban J connectivity index is 2.36. The smallest absolute Gasteiger partial charge is 0.309 e. The van der Waals surface area contributed by atoms with Gasteiger partial charge in [-0.3, -0.25) is 9.59 Å². The number of halogens is 1. The second-order valence-electron chi connectivity index (χ2n) is 4.58. The molecule has 19 heavy (non-hydrogen) atoms. The molecule has 1 aromatic rings. The molecule has 2 atom stereocenters. The predicted molar refractivity (Wildman–Crippen MR) is 64.8 cm³/mol. The number of carbonyl (C=O) groups is 2. The van der Waals surface area contributed by atoms with E-state index >= 15 is 0 Å². The van der Waals surface area contributed by atoms with E-state index in [4.69, 9.17) is 9.47 Å². The normalized spacial score (nSPS) is 21.4. The van der Waals surface area contributed by atoms with Gasteiger partial charge in [0.25, 0.3) is 0 Å². The lowest BCUT2D eigenvalue weighted by molar-refractivity contribution is -0.158. The Bertz CT molecular complexity index is 512. The number of fused-ring (bicyclic) bond motifs is 1. The van der Waals surface area contributed by atoms with Crippen molar-refractivity contribution in [3.05, 3.63) is 35.1 Å². The zero-order chi connectivity index (χ0) is 14.0. The van der Waals surface area contributed by atoms with Gasteiger partial charge in [0, 0.05) is 0 Å². The summed E-state index contributed by atoms with van der Waals surface area (Å²) in [6.07, 6.45) is 0.654. The van der Waals surface area contributed by atoms with Gasteiger partial charge in [-0.2, -0.15) is 0 Å². The van der Waals surface area contributed by atoms with Crippen LogP contribution in [0.4, 0.5) is 4.39 Å². The average molecular weight is 266 g/mol. The molecule has 0 saturated heterocycles. The highest BCUT2D eigenvalue weighted by Gasteiger charge is 2.39. The van der Waals surface area contributed by atoms with Gasteiger partial charge in [-0.25, -0.2) is 4.39 Å². The zero-order valence-corrected chi connectivity index (χ0v) is 10.8. The molecule has 0 aromatic heterocycles. The van der Waals surface area contributed by atoms with Gasteiger partial charge < -0.3 is 9.47 Å². The fourth-order valence-corrected chi connectivity index (χ4v) is 2.54. The van der Waals surface area contributed by atoms with E-state index in [-0.39, 0.29) is 5.82 Å². The number of methoxy groups -OCH3 is 2. The van der Waals surface area contributed by atoms with E-state index in [1.165, 1.54) is 26.4 Å². The highest BCUT2D eigenvalue weighted by Crippen LogP contribution is 2.32. The largest absolute Gasteiger partial charge is 0.469 e. The molecule has 0 bridgehead atoms. The van der Waals surface area contributed by atoms with Crippen LogP contribution in [0, 0.1) is 17.7 Å². The monoisotopic (exact) mass is 266 g/mol. The van der Waals surface area contributed by atoms with E-state index in [1.807, 2.05) is 0 Å². The van der Waals surface area contributed by atoms with Crippen molar-refractivity contribution >= 4 is 11.9 Å². The Hall–Kier alpha value is -1.91. The Kier molecular flexibility index (Phi) is 3.83. The molecular weight excluding hydrogens is 251 g/mol. The van der Waals surface area contributed by atoms with E-state index in [1.54, 1.807) is 6.07 Å². The van der Waals surface area contributed by atoms with Gasteiger partial charge in [0.2, 0.25) is 0 Å². The second kappa shape index (κ2) is 5.38. The summed E-state index contributed by atoms with van der Waals surface area (Å²) < 4.78 is 22.7. The van der Waals surface area contributed by atoms with E-state index in [0.29, 0.717) is 12.8 Å². The predicted octanol–water partition coefficient (Wildman–Crippen LogP) is 1.50. The van der Waals surface area contributed by atoms with Crippen LogP contribution in [0.3, 0.4) is 0 Å². The number of ether oxygens (including phenoxy) is 2.